The monoisotopic (exact) mass is 1090 g/mol. The topological polar surface area (TPSA) is 95.9 Å². The molecule has 0 aromatic carbocycles. The zero-order valence-corrected chi connectivity index (χ0v) is 52.5. The molecule has 0 fully saturated rings. The third-order valence-electron chi connectivity index (χ3n) is 16.8. The van der Waals surface area contributed by atoms with Crippen molar-refractivity contribution in [2.24, 2.45) is 0 Å². The predicted octanol–water partition coefficient (Wildman–Crippen LogP) is 22.8. The first-order valence-corrected chi connectivity index (χ1v) is 35.5. The first-order chi connectivity index (χ1) is 38.0. The molecule has 458 valence electrons. The Morgan fingerprint density at radius 3 is 0.883 bits per heavy atom. The molecule has 0 saturated heterocycles. The van der Waals surface area contributed by atoms with Crippen LogP contribution in [0, 0.1) is 0 Å². The normalized spacial score (nSPS) is 12.5. The summed E-state index contributed by atoms with van der Waals surface area (Å²) in [5.74, 6) is -0.0375. The SMILES string of the molecule is CCCCCCCCCCCCCCC/C=C/C(O)C(CO)NC(=O)CCCCCCCCCCCCCCCCCCCCCCCCCCCCCCCCOC(=O)CCCCCCCCCCCCCCCCC. The van der Waals surface area contributed by atoms with Crippen molar-refractivity contribution in [2.75, 3.05) is 13.2 Å². The summed E-state index contributed by atoms with van der Waals surface area (Å²) in [6.45, 7) is 4.95. The fourth-order valence-electron chi connectivity index (χ4n) is 11.4. The van der Waals surface area contributed by atoms with Crippen molar-refractivity contribution in [1.82, 2.24) is 5.32 Å². The first-order valence-electron chi connectivity index (χ1n) is 35.5. The van der Waals surface area contributed by atoms with E-state index in [-0.39, 0.29) is 18.5 Å². The van der Waals surface area contributed by atoms with Crippen molar-refractivity contribution in [3.05, 3.63) is 12.2 Å². The van der Waals surface area contributed by atoms with E-state index in [1.54, 1.807) is 6.08 Å². The van der Waals surface area contributed by atoms with Gasteiger partial charge in [-0.1, -0.05) is 373 Å². The minimum atomic E-state index is -0.841. The number of nitrogens with one attached hydrogen (secondary N) is 1. The van der Waals surface area contributed by atoms with Gasteiger partial charge in [-0.25, -0.2) is 0 Å². The van der Waals surface area contributed by atoms with E-state index in [2.05, 4.69) is 19.2 Å². The van der Waals surface area contributed by atoms with Gasteiger partial charge in [0.1, 0.15) is 0 Å². The number of allylic oxidation sites excluding steroid dienone is 1. The van der Waals surface area contributed by atoms with Crippen molar-refractivity contribution in [2.45, 2.75) is 418 Å². The highest BCUT2D eigenvalue weighted by Crippen LogP contribution is 2.19. The minimum Gasteiger partial charge on any atom is -0.466 e. The van der Waals surface area contributed by atoms with Crippen LogP contribution in [0.1, 0.15) is 406 Å². The van der Waals surface area contributed by atoms with Crippen LogP contribution in [0.3, 0.4) is 0 Å². The highest BCUT2D eigenvalue weighted by atomic mass is 16.5. The second-order valence-electron chi connectivity index (χ2n) is 24.6. The summed E-state index contributed by atoms with van der Waals surface area (Å²) < 4.78 is 5.50. The van der Waals surface area contributed by atoms with Crippen molar-refractivity contribution >= 4 is 11.9 Å². The fraction of sp³-hybridized carbons (Fsp3) is 0.944. The number of amides is 1. The molecule has 0 aromatic rings. The molecule has 2 unspecified atom stereocenters. The molecule has 1 amide bonds. The van der Waals surface area contributed by atoms with Gasteiger partial charge in [0, 0.05) is 12.8 Å². The number of esters is 1. The molecule has 0 aliphatic rings. The Kier molecular flexibility index (Phi) is 65.9. The van der Waals surface area contributed by atoms with Crippen LogP contribution in [0.15, 0.2) is 12.2 Å². The summed E-state index contributed by atoms with van der Waals surface area (Å²) in [6, 6.07) is -0.624. The molecule has 0 heterocycles. The number of carbonyl (C=O) groups is 2. The van der Waals surface area contributed by atoms with Gasteiger partial charge in [0.15, 0.2) is 0 Å². The standard InChI is InChI=1S/C71H139NO5/c1-3-5-7-9-11-13-15-17-35-39-43-47-51-55-59-63-69(74)68(67-73)72-70(75)64-60-56-52-48-44-40-37-33-31-29-27-25-23-21-19-20-22-24-26-28-30-32-34-38-42-46-50-54-58-62-66-77-71(76)65-61-57-53-49-45-41-36-18-16-14-12-10-8-6-4-2/h59,63,68-69,73-74H,3-58,60-62,64-67H2,1-2H3,(H,72,75)/b63-59+. The fourth-order valence-corrected chi connectivity index (χ4v) is 11.4. The molecule has 3 N–H and O–H groups in total. The van der Waals surface area contributed by atoms with Crippen molar-refractivity contribution in [3.8, 4) is 0 Å². The summed E-state index contributed by atoms with van der Waals surface area (Å²) >= 11 is 0. The molecule has 0 rings (SSSR count). The quantitative estimate of drug-likeness (QED) is 0.0320. The van der Waals surface area contributed by atoms with E-state index in [1.165, 1.54) is 340 Å². The van der Waals surface area contributed by atoms with Gasteiger partial charge < -0.3 is 20.3 Å². The molecule has 6 heteroatoms. The van der Waals surface area contributed by atoms with Gasteiger partial charge >= 0.3 is 5.97 Å². The lowest BCUT2D eigenvalue weighted by Gasteiger charge is -2.20. The predicted molar refractivity (Wildman–Crippen MR) is 338 cm³/mol. The van der Waals surface area contributed by atoms with Gasteiger partial charge in [-0.2, -0.15) is 0 Å². The lowest BCUT2D eigenvalue weighted by atomic mass is 10.0. The third-order valence-corrected chi connectivity index (χ3v) is 16.8. The first kappa shape index (κ1) is 75.6. The van der Waals surface area contributed by atoms with E-state index >= 15 is 0 Å². The lowest BCUT2D eigenvalue weighted by Crippen LogP contribution is -2.45. The number of rotatable bonds is 67. The molecule has 0 radical (unpaired) electrons. The molecule has 0 bridgehead atoms. The van der Waals surface area contributed by atoms with Crippen molar-refractivity contribution in [1.29, 1.82) is 0 Å². The number of hydrogen-bond donors (Lipinski definition) is 3. The third kappa shape index (κ3) is 63.6. The maximum absolute atomic E-state index is 12.5. The van der Waals surface area contributed by atoms with Crippen molar-refractivity contribution in [3.63, 3.8) is 0 Å². The molecule has 77 heavy (non-hydrogen) atoms. The van der Waals surface area contributed by atoms with Gasteiger partial charge in [0.25, 0.3) is 0 Å². The average molecular weight is 1090 g/mol. The van der Waals surface area contributed by atoms with Crippen LogP contribution in [0.4, 0.5) is 0 Å². The summed E-state index contributed by atoms with van der Waals surface area (Å²) in [5.41, 5.74) is 0. The number of ether oxygens (including phenoxy) is 1. The molecule has 0 spiro atoms. The molecule has 0 aromatic heterocycles. The summed E-state index contributed by atoms with van der Waals surface area (Å²) in [7, 11) is 0. The lowest BCUT2D eigenvalue weighted by molar-refractivity contribution is -0.143. The van der Waals surface area contributed by atoms with E-state index in [0.717, 1.165) is 38.5 Å². The molecule has 6 nitrogen and oxygen atoms in total. The molecule has 2 atom stereocenters. The Hall–Kier alpha value is -1.40. The largest absolute Gasteiger partial charge is 0.466 e. The Morgan fingerprint density at radius 1 is 0.351 bits per heavy atom. The second-order valence-corrected chi connectivity index (χ2v) is 24.6. The molecule has 0 aliphatic heterocycles. The van der Waals surface area contributed by atoms with Crippen LogP contribution in [0.25, 0.3) is 0 Å². The number of hydrogen-bond acceptors (Lipinski definition) is 5. The average Bonchev–Trinajstić information content (AvgIpc) is 3.43. The van der Waals surface area contributed by atoms with E-state index in [0.29, 0.717) is 19.4 Å². The van der Waals surface area contributed by atoms with Gasteiger partial charge in [-0.05, 0) is 32.1 Å². The Bertz CT molecular complexity index is 1160. The summed E-state index contributed by atoms with van der Waals surface area (Å²) in [4.78, 5) is 24.6. The Balaban J connectivity index is 3.33. The van der Waals surface area contributed by atoms with Gasteiger partial charge in [0.05, 0.1) is 25.4 Å². The van der Waals surface area contributed by atoms with Crippen LogP contribution in [-0.2, 0) is 14.3 Å². The second kappa shape index (κ2) is 67.1. The van der Waals surface area contributed by atoms with E-state index < -0.39 is 12.1 Å². The van der Waals surface area contributed by atoms with Gasteiger partial charge in [-0.3, -0.25) is 9.59 Å². The van der Waals surface area contributed by atoms with E-state index in [1.807, 2.05) is 6.08 Å². The number of aliphatic hydroxyl groups is 2. The smallest absolute Gasteiger partial charge is 0.305 e. The molecule has 0 saturated carbocycles. The zero-order valence-electron chi connectivity index (χ0n) is 52.5. The molecule has 0 aliphatic carbocycles. The van der Waals surface area contributed by atoms with Crippen LogP contribution >= 0.6 is 0 Å². The number of unbranched alkanes of at least 4 members (excludes halogenated alkanes) is 56. The van der Waals surface area contributed by atoms with Crippen LogP contribution in [0.2, 0.25) is 0 Å². The van der Waals surface area contributed by atoms with E-state index in [9.17, 15) is 19.8 Å². The van der Waals surface area contributed by atoms with Crippen LogP contribution < -0.4 is 5.32 Å². The Morgan fingerprint density at radius 2 is 0.597 bits per heavy atom. The van der Waals surface area contributed by atoms with E-state index in [4.69, 9.17) is 4.74 Å². The number of aliphatic hydroxyl groups excluding tert-OH is 2. The Labute approximate surface area is 482 Å². The van der Waals surface area contributed by atoms with Crippen LogP contribution in [0.5, 0.6) is 0 Å². The van der Waals surface area contributed by atoms with Crippen molar-refractivity contribution < 1.29 is 24.5 Å². The summed E-state index contributed by atoms with van der Waals surface area (Å²) in [6.07, 6.45) is 83.0. The minimum absolute atomic E-state index is 0.0236. The maximum Gasteiger partial charge on any atom is 0.305 e. The summed E-state index contributed by atoms with van der Waals surface area (Å²) in [5, 5.41) is 23.2. The van der Waals surface area contributed by atoms with Gasteiger partial charge in [-0.15, -0.1) is 0 Å². The highest BCUT2D eigenvalue weighted by molar-refractivity contribution is 5.76. The molecular formula is C71H139NO5. The highest BCUT2D eigenvalue weighted by Gasteiger charge is 2.18. The maximum atomic E-state index is 12.5. The van der Waals surface area contributed by atoms with Gasteiger partial charge in [0.2, 0.25) is 5.91 Å². The number of carbonyl (C=O) groups excluding carboxylic acids is 2. The molecular weight excluding hydrogens is 947 g/mol. The zero-order chi connectivity index (χ0) is 55.7. The van der Waals surface area contributed by atoms with Crippen LogP contribution in [-0.4, -0.2) is 47.4 Å².